The highest BCUT2D eigenvalue weighted by Gasteiger charge is 2.16. The molecule has 9 nitrogen and oxygen atoms in total. The van der Waals surface area contributed by atoms with Gasteiger partial charge in [0.1, 0.15) is 0 Å². The van der Waals surface area contributed by atoms with Gasteiger partial charge in [0, 0.05) is 12.1 Å². The highest BCUT2D eigenvalue weighted by Crippen LogP contribution is 2.18. The summed E-state index contributed by atoms with van der Waals surface area (Å²) in [5.41, 5.74) is 0.0457. The molecule has 0 aliphatic carbocycles. The highest BCUT2D eigenvalue weighted by atomic mass is 16.7. The third kappa shape index (κ3) is 1.35. The van der Waals surface area contributed by atoms with Crippen LogP contribution in [0.15, 0.2) is 18.2 Å². The fourth-order valence-electron chi connectivity index (χ4n) is 1.13. The first-order valence-corrected chi connectivity index (χ1v) is 3.74. The molecule has 15 heavy (non-hydrogen) atoms. The van der Waals surface area contributed by atoms with Crippen molar-refractivity contribution in [1.29, 1.82) is 0 Å². The van der Waals surface area contributed by atoms with Gasteiger partial charge in [0.2, 0.25) is 0 Å². The van der Waals surface area contributed by atoms with Crippen molar-refractivity contribution in [1.82, 2.24) is 15.1 Å². The first-order chi connectivity index (χ1) is 7.09. The van der Waals surface area contributed by atoms with E-state index in [1.807, 2.05) is 0 Å². The van der Waals surface area contributed by atoms with Gasteiger partial charge in [0.05, 0.1) is 14.7 Å². The molecule has 0 bridgehead atoms. The Balaban J connectivity index is 2.66. The molecule has 9 heteroatoms. The Kier molecular flexibility index (Phi) is 1.78. The Morgan fingerprint density at radius 3 is 2.60 bits per heavy atom. The maximum absolute atomic E-state index is 10.4. The lowest BCUT2D eigenvalue weighted by Gasteiger charge is -1.92. The number of aromatic nitrogens is 3. The second-order valence-electron chi connectivity index (χ2n) is 2.65. The number of non-ortho nitro benzene ring substituents is 1. The quantitative estimate of drug-likeness (QED) is 0.521. The lowest BCUT2D eigenvalue weighted by atomic mass is 10.3. The molecular formula is C6H3N5O4. The van der Waals surface area contributed by atoms with Crippen molar-refractivity contribution in [2.75, 3.05) is 0 Å². The maximum Gasteiger partial charge on any atom is 0.271 e. The molecule has 0 saturated carbocycles. The summed E-state index contributed by atoms with van der Waals surface area (Å²) < 4.78 is 0. The van der Waals surface area contributed by atoms with Gasteiger partial charge in [-0.25, -0.2) is 0 Å². The molecule has 1 heterocycles. The van der Waals surface area contributed by atoms with Gasteiger partial charge in [-0.3, -0.25) is 10.1 Å². The molecule has 2 rings (SSSR count). The van der Waals surface area contributed by atoms with E-state index in [-0.39, 0.29) is 16.7 Å². The zero-order chi connectivity index (χ0) is 11.0. The molecular weight excluding hydrogens is 206 g/mol. The molecule has 0 spiro atoms. The second-order valence-corrected chi connectivity index (χ2v) is 2.65. The summed E-state index contributed by atoms with van der Waals surface area (Å²) in [6.07, 6.45) is 0. The summed E-state index contributed by atoms with van der Waals surface area (Å²) in [6.45, 7) is 0. The van der Waals surface area contributed by atoms with Crippen LogP contribution in [0.1, 0.15) is 0 Å². The summed E-state index contributed by atoms with van der Waals surface area (Å²) in [5, 5.41) is 26.8. The summed E-state index contributed by atoms with van der Waals surface area (Å²) in [5.74, 6) is 0. The van der Waals surface area contributed by atoms with Gasteiger partial charge in [-0.1, -0.05) is 0 Å². The van der Waals surface area contributed by atoms with Crippen LogP contribution in [0.2, 0.25) is 0 Å². The molecule has 0 aliphatic rings. The normalized spacial score (nSPS) is 10.4. The van der Waals surface area contributed by atoms with Gasteiger partial charge < -0.3 is 10.1 Å². The average Bonchev–Trinajstić information content (AvgIpc) is 2.59. The van der Waals surface area contributed by atoms with Crippen molar-refractivity contribution in [3.63, 3.8) is 0 Å². The number of benzene rings is 1. The third-order valence-electron chi connectivity index (χ3n) is 1.78. The van der Waals surface area contributed by atoms with E-state index in [1.54, 1.807) is 0 Å². The third-order valence-corrected chi connectivity index (χ3v) is 1.78. The van der Waals surface area contributed by atoms with Crippen molar-refractivity contribution in [2.45, 2.75) is 0 Å². The number of rotatable bonds is 2. The summed E-state index contributed by atoms with van der Waals surface area (Å²) in [6, 6.07) is 3.52. The van der Waals surface area contributed by atoms with Crippen molar-refractivity contribution in [3.8, 4) is 0 Å². The monoisotopic (exact) mass is 209 g/mol. The zero-order valence-corrected chi connectivity index (χ0v) is 7.10. The van der Waals surface area contributed by atoms with E-state index in [0.29, 0.717) is 4.79 Å². The van der Waals surface area contributed by atoms with Crippen LogP contribution in [0.3, 0.4) is 0 Å². The van der Waals surface area contributed by atoms with Crippen LogP contribution in [0.5, 0.6) is 0 Å². The van der Waals surface area contributed by atoms with Crippen molar-refractivity contribution >= 4 is 16.7 Å². The number of nitro groups is 2. The molecule has 2 aromatic rings. The Hall–Kier alpha value is -2.58. The largest absolute Gasteiger partial charge is 0.339 e. The van der Waals surface area contributed by atoms with E-state index >= 15 is 0 Å². The van der Waals surface area contributed by atoms with Crippen LogP contribution in [-0.4, -0.2) is 25.1 Å². The minimum absolute atomic E-state index is 0.112. The smallest absolute Gasteiger partial charge is 0.271 e. The summed E-state index contributed by atoms with van der Waals surface area (Å²) in [7, 11) is 0. The van der Waals surface area contributed by atoms with Crippen molar-refractivity contribution < 1.29 is 9.96 Å². The molecule has 0 amide bonds. The van der Waals surface area contributed by atoms with Gasteiger partial charge in [-0.05, 0) is 11.2 Å². The predicted molar refractivity (Wildman–Crippen MR) is 46.6 cm³/mol. The predicted octanol–water partition coefficient (Wildman–Crippen LogP) is 0.379. The molecule has 1 aromatic carbocycles. The number of fused-ring (bicyclic) bond motifs is 1. The Bertz CT molecular complexity index is 562. The Morgan fingerprint density at radius 2 is 2.00 bits per heavy atom. The lowest BCUT2D eigenvalue weighted by Crippen LogP contribution is -2.09. The number of hydrogen-bond acceptors (Lipinski definition) is 6. The molecule has 0 saturated heterocycles. The maximum atomic E-state index is 10.4. The minimum Gasteiger partial charge on any atom is -0.339 e. The van der Waals surface area contributed by atoms with Crippen LogP contribution in [0.4, 0.5) is 5.69 Å². The van der Waals surface area contributed by atoms with Gasteiger partial charge in [-0.2, -0.15) is 0 Å². The van der Waals surface area contributed by atoms with E-state index in [4.69, 9.17) is 0 Å². The molecule has 0 unspecified atom stereocenters. The highest BCUT2D eigenvalue weighted by molar-refractivity contribution is 5.76. The van der Waals surface area contributed by atoms with E-state index in [0.717, 1.165) is 12.1 Å². The van der Waals surface area contributed by atoms with Crippen molar-refractivity contribution in [2.24, 2.45) is 0 Å². The van der Waals surface area contributed by atoms with Gasteiger partial charge in [0.25, 0.3) is 5.69 Å². The molecule has 0 aliphatic heterocycles. The topological polar surface area (TPSA) is 117 Å². The number of hydrogen-bond donors (Lipinski definition) is 0. The van der Waals surface area contributed by atoms with Gasteiger partial charge in [0.15, 0.2) is 16.2 Å². The number of nitrogens with zero attached hydrogens (tertiary/aromatic N) is 5. The molecule has 0 radical (unpaired) electrons. The van der Waals surface area contributed by atoms with E-state index in [2.05, 4.69) is 10.3 Å². The fraction of sp³-hybridized carbons (Fsp3) is 0. The van der Waals surface area contributed by atoms with Gasteiger partial charge >= 0.3 is 0 Å². The first-order valence-electron chi connectivity index (χ1n) is 3.74. The molecule has 0 N–H and O–H groups in total. The zero-order valence-electron chi connectivity index (χ0n) is 7.10. The fourth-order valence-corrected chi connectivity index (χ4v) is 1.13. The molecule has 0 fully saturated rings. The first kappa shape index (κ1) is 8.99. The average molecular weight is 209 g/mol. The van der Waals surface area contributed by atoms with E-state index < -0.39 is 9.96 Å². The second kappa shape index (κ2) is 2.97. The SMILES string of the molecule is O=[N+]([O-])c1ccc2c(c1)nnn2[N+](=O)[O-]. The molecule has 76 valence electrons. The standard InChI is InChI=1S/C6H3N5O4/c12-10(13)4-1-2-6-5(3-4)7-8-9(6)11(14)15/h1-3H. The summed E-state index contributed by atoms with van der Waals surface area (Å²) >= 11 is 0. The lowest BCUT2D eigenvalue weighted by molar-refractivity contribution is -0.549. The van der Waals surface area contributed by atoms with Gasteiger partial charge in [-0.15, -0.1) is 0 Å². The van der Waals surface area contributed by atoms with Crippen LogP contribution >= 0.6 is 0 Å². The Labute approximate surface area is 81.2 Å². The van der Waals surface area contributed by atoms with Crippen LogP contribution in [-0.2, 0) is 0 Å². The summed E-state index contributed by atoms with van der Waals surface area (Å²) in [4.78, 5) is 20.7. The minimum atomic E-state index is -0.763. The molecule has 1 aromatic heterocycles. The van der Waals surface area contributed by atoms with Crippen LogP contribution in [0.25, 0.3) is 11.0 Å². The Morgan fingerprint density at radius 1 is 1.27 bits per heavy atom. The van der Waals surface area contributed by atoms with Crippen LogP contribution < -0.4 is 0 Å². The van der Waals surface area contributed by atoms with Crippen LogP contribution in [0, 0.1) is 20.2 Å². The number of nitro benzene ring substituents is 1. The molecule has 0 atom stereocenters. The van der Waals surface area contributed by atoms with Crippen molar-refractivity contribution in [3.05, 3.63) is 38.4 Å². The van der Waals surface area contributed by atoms with E-state index in [1.165, 1.54) is 6.07 Å². The van der Waals surface area contributed by atoms with E-state index in [9.17, 15) is 20.2 Å².